The molecule has 2 nitrogen and oxygen atoms in total. The third-order valence-electron chi connectivity index (χ3n) is 14.9. The summed E-state index contributed by atoms with van der Waals surface area (Å²) in [5.41, 5.74) is 16.8. The highest BCUT2D eigenvalue weighted by molar-refractivity contribution is 5.85. The Labute approximate surface area is 355 Å². The second-order valence-corrected chi connectivity index (χ2v) is 18.3. The average molecular weight is 775 g/mol. The van der Waals surface area contributed by atoms with Gasteiger partial charge < -0.3 is 9.80 Å². The molecule has 2 heteroatoms. The molecule has 4 aliphatic carbocycles. The van der Waals surface area contributed by atoms with Gasteiger partial charge in [0.15, 0.2) is 0 Å². The molecule has 3 saturated carbocycles. The minimum Gasteiger partial charge on any atom is -0.333 e. The third kappa shape index (κ3) is 5.68. The number of hydrogen-bond acceptors (Lipinski definition) is 2. The lowest BCUT2D eigenvalue weighted by molar-refractivity contribution is -0.159. The van der Waals surface area contributed by atoms with Crippen LogP contribution in [0.2, 0.25) is 0 Å². The number of rotatable bonds is 8. The maximum atomic E-state index is 2.57. The summed E-state index contributed by atoms with van der Waals surface area (Å²) < 4.78 is 0. The fourth-order valence-electron chi connectivity index (χ4n) is 12.6. The van der Waals surface area contributed by atoms with E-state index in [0.717, 1.165) is 23.7 Å². The molecule has 0 saturated heterocycles. The smallest absolute Gasteiger partial charge is 0.0629 e. The first-order valence-corrected chi connectivity index (χ1v) is 22.2. The standard InChI is InChI=1S/C58H50N2/c1-39-32-46-34-47-38-58(37-39,57(46)47)53-24-7-10-27-56(53)59(48-30-28-41(29-31-48)43-17-11-16-42(33-43)40-14-3-2-4-15-40)49-20-12-18-44(35-49)45-19-13-21-50(36-45)60-54-25-8-5-22-51(54)52-23-6-9-26-55(52)60/h2-31,33,35-36,39,46-47,51,54,57H,32,34,37-38H2,1H3/t39-,46+,47-,51?,54?,57?,58?/m0/s1. The number of fused-ring (bicyclic) bond motifs is 3. The van der Waals surface area contributed by atoms with Crippen LogP contribution in [-0.4, -0.2) is 6.04 Å². The zero-order chi connectivity index (χ0) is 39.8. The molecule has 0 aromatic heterocycles. The summed E-state index contributed by atoms with van der Waals surface area (Å²) in [5, 5.41) is 0. The van der Waals surface area contributed by atoms with Crippen LogP contribution in [-0.2, 0) is 5.41 Å². The number of hydrogen-bond donors (Lipinski definition) is 0. The van der Waals surface area contributed by atoms with Crippen LogP contribution in [0.25, 0.3) is 33.4 Å². The topological polar surface area (TPSA) is 6.48 Å². The summed E-state index contributed by atoms with van der Waals surface area (Å²) in [6.07, 6.45) is 14.6. The fraction of sp³-hybridized carbons (Fsp3) is 0.207. The van der Waals surface area contributed by atoms with Crippen molar-refractivity contribution in [2.24, 2.45) is 23.7 Å². The van der Waals surface area contributed by atoms with Crippen LogP contribution >= 0.6 is 0 Å². The van der Waals surface area contributed by atoms with Crippen molar-refractivity contribution >= 4 is 28.4 Å². The van der Waals surface area contributed by atoms with E-state index in [0.29, 0.717) is 5.92 Å². The predicted molar refractivity (Wildman–Crippen MR) is 251 cm³/mol. The van der Waals surface area contributed by atoms with Crippen molar-refractivity contribution in [2.45, 2.75) is 50.0 Å². The van der Waals surface area contributed by atoms with Crippen LogP contribution in [0.1, 0.15) is 49.7 Å². The molecule has 0 bridgehead atoms. The van der Waals surface area contributed by atoms with Gasteiger partial charge in [-0.15, -0.1) is 0 Å². The van der Waals surface area contributed by atoms with E-state index in [1.54, 1.807) is 5.56 Å². The Balaban J connectivity index is 0.955. The Kier molecular flexibility index (Phi) is 8.37. The van der Waals surface area contributed by atoms with E-state index in [9.17, 15) is 0 Å². The van der Waals surface area contributed by atoms with Crippen molar-refractivity contribution in [2.75, 3.05) is 9.80 Å². The molecular formula is C58H50N2. The summed E-state index contributed by atoms with van der Waals surface area (Å²) in [5.74, 6) is 3.74. The molecule has 60 heavy (non-hydrogen) atoms. The summed E-state index contributed by atoms with van der Waals surface area (Å²) in [7, 11) is 0. The monoisotopic (exact) mass is 774 g/mol. The quantitative estimate of drug-likeness (QED) is 0.152. The molecule has 0 amide bonds. The molecule has 7 aromatic carbocycles. The van der Waals surface area contributed by atoms with Crippen molar-refractivity contribution in [3.05, 3.63) is 211 Å². The van der Waals surface area contributed by atoms with Crippen LogP contribution in [0.15, 0.2) is 200 Å². The lowest BCUT2D eigenvalue weighted by Gasteiger charge is -2.70. The van der Waals surface area contributed by atoms with E-state index in [1.807, 2.05) is 0 Å². The van der Waals surface area contributed by atoms with Crippen LogP contribution in [0, 0.1) is 23.7 Å². The van der Waals surface area contributed by atoms with E-state index in [4.69, 9.17) is 0 Å². The van der Waals surface area contributed by atoms with Crippen LogP contribution in [0.4, 0.5) is 28.4 Å². The number of benzene rings is 7. The highest BCUT2D eigenvalue weighted by Crippen LogP contribution is 2.72. The largest absolute Gasteiger partial charge is 0.333 e. The Bertz CT molecular complexity index is 2800. The zero-order valence-corrected chi connectivity index (χ0v) is 34.2. The molecule has 12 rings (SSSR count). The minimum absolute atomic E-state index is 0.260. The highest BCUT2D eigenvalue weighted by atomic mass is 15.2. The van der Waals surface area contributed by atoms with Gasteiger partial charge >= 0.3 is 0 Å². The maximum absolute atomic E-state index is 2.57. The van der Waals surface area contributed by atoms with Crippen molar-refractivity contribution in [1.29, 1.82) is 0 Å². The van der Waals surface area contributed by atoms with Gasteiger partial charge in [-0.25, -0.2) is 0 Å². The van der Waals surface area contributed by atoms with E-state index in [-0.39, 0.29) is 11.5 Å². The number of anilines is 5. The Morgan fingerprint density at radius 3 is 2.02 bits per heavy atom. The van der Waals surface area contributed by atoms with E-state index >= 15 is 0 Å². The molecule has 1 heterocycles. The molecule has 292 valence electrons. The molecule has 0 N–H and O–H groups in total. The van der Waals surface area contributed by atoms with Crippen molar-refractivity contribution in [3.8, 4) is 33.4 Å². The first-order chi connectivity index (χ1) is 29.6. The van der Waals surface area contributed by atoms with Gasteiger partial charge in [0.25, 0.3) is 0 Å². The van der Waals surface area contributed by atoms with E-state index in [2.05, 4.69) is 217 Å². The molecule has 3 fully saturated rings. The summed E-state index contributed by atoms with van der Waals surface area (Å²) in [6, 6.07) is 66.1. The second kappa shape index (κ2) is 14.1. The Morgan fingerprint density at radius 2 is 1.18 bits per heavy atom. The van der Waals surface area contributed by atoms with Gasteiger partial charge in [-0.05, 0) is 148 Å². The maximum Gasteiger partial charge on any atom is 0.0629 e. The summed E-state index contributed by atoms with van der Waals surface area (Å²) in [6.45, 7) is 2.51. The molecule has 7 atom stereocenters. The highest BCUT2D eigenvalue weighted by Gasteiger charge is 2.66. The van der Waals surface area contributed by atoms with E-state index in [1.165, 1.54) is 93.1 Å². The molecule has 1 aliphatic heterocycles. The van der Waals surface area contributed by atoms with Crippen molar-refractivity contribution in [3.63, 3.8) is 0 Å². The normalized spacial score (nSPS) is 25.4. The zero-order valence-electron chi connectivity index (χ0n) is 34.2. The van der Waals surface area contributed by atoms with Crippen LogP contribution in [0.3, 0.4) is 0 Å². The van der Waals surface area contributed by atoms with Gasteiger partial charge in [-0.3, -0.25) is 0 Å². The molecule has 5 aliphatic rings. The van der Waals surface area contributed by atoms with Crippen LogP contribution < -0.4 is 9.80 Å². The lowest BCUT2D eigenvalue weighted by atomic mass is 9.34. The van der Waals surface area contributed by atoms with E-state index < -0.39 is 0 Å². The SMILES string of the molecule is C[C@H]1C[C@@H]2C[C@H]3CC(c4ccccc4N(c4ccc(-c5cccc(-c6ccccc6)c5)cc4)c4cccc(-c5cccc(N6c7ccccc7C7C=CC=CC76)c5)c4)(C1)C23. The summed E-state index contributed by atoms with van der Waals surface area (Å²) in [4.78, 5) is 5.11. The average Bonchev–Trinajstić information content (AvgIpc) is 3.63. The molecule has 0 radical (unpaired) electrons. The third-order valence-corrected chi connectivity index (χ3v) is 14.9. The lowest BCUT2D eigenvalue weighted by Crippen LogP contribution is -2.65. The second-order valence-electron chi connectivity index (χ2n) is 18.3. The first-order valence-electron chi connectivity index (χ1n) is 22.2. The molecule has 7 aromatic rings. The number of allylic oxidation sites excluding steroid dienone is 2. The molecule has 0 spiro atoms. The minimum atomic E-state index is 0.260. The van der Waals surface area contributed by atoms with Crippen molar-refractivity contribution in [1.82, 2.24) is 0 Å². The fourth-order valence-corrected chi connectivity index (χ4v) is 12.6. The molecular weight excluding hydrogens is 725 g/mol. The van der Waals surface area contributed by atoms with Gasteiger partial charge in [0.1, 0.15) is 0 Å². The Morgan fingerprint density at radius 1 is 0.517 bits per heavy atom. The van der Waals surface area contributed by atoms with Gasteiger partial charge in [0.2, 0.25) is 0 Å². The summed E-state index contributed by atoms with van der Waals surface area (Å²) >= 11 is 0. The van der Waals surface area contributed by atoms with Gasteiger partial charge in [-0.2, -0.15) is 0 Å². The number of nitrogens with zero attached hydrogens (tertiary/aromatic N) is 2. The number of para-hydroxylation sites is 2. The van der Waals surface area contributed by atoms with Gasteiger partial charge in [-0.1, -0.05) is 153 Å². The van der Waals surface area contributed by atoms with Crippen LogP contribution in [0.5, 0.6) is 0 Å². The predicted octanol–water partition coefficient (Wildman–Crippen LogP) is 15.2. The Hall–Kier alpha value is -6.38. The van der Waals surface area contributed by atoms with Gasteiger partial charge in [0.05, 0.1) is 6.04 Å². The molecule has 4 unspecified atom stereocenters. The first kappa shape index (κ1) is 35.6. The van der Waals surface area contributed by atoms with Crippen molar-refractivity contribution < 1.29 is 0 Å². The van der Waals surface area contributed by atoms with Gasteiger partial charge in [0, 0.05) is 39.8 Å².